The molecule has 0 radical (unpaired) electrons. The molecule has 0 aliphatic heterocycles. The number of azide groups is 1. The Hall–Kier alpha value is -2.20. The molecule has 17 heavy (non-hydrogen) atoms. The predicted molar refractivity (Wildman–Crippen MR) is 64.9 cm³/mol. The summed E-state index contributed by atoms with van der Waals surface area (Å²) < 4.78 is 5.44. The van der Waals surface area contributed by atoms with E-state index in [4.69, 9.17) is 10.3 Å². The van der Waals surface area contributed by atoms with Gasteiger partial charge in [-0.2, -0.15) is 0 Å². The van der Waals surface area contributed by atoms with Crippen LogP contribution in [-0.4, -0.2) is 19.1 Å². The van der Waals surface area contributed by atoms with Gasteiger partial charge in [-0.15, -0.1) is 0 Å². The Morgan fingerprint density at radius 2 is 2.41 bits per heavy atom. The van der Waals surface area contributed by atoms with Crippen LogP contribution in [0.3, 0.4) is 0 Å². The van der Waals surface area contributed by atoms with E-state index in [1.807, 2.05) is 0 Å². The molecule has 0 bridgehead atoms. The van der Waals surface area contributed by atoms with Crippen molar-refractivity contribution in [2.24, 2.45) is 5.11 Å². The summed E-state index contributed by atoms with van der Waals surface area (Å²) in [6.07, 6.45) is 0.661. The van der Waals surface area contributed by atoms with Gasteiger partial charge in [0, 0.05) is 30.1 Å². The van der Waals surface area contributed by atoms with Crippen LogP contribution >= 0.6 is 0 Å². The number of hydrogen-bond acceptors (Lipinski definition) is 3. The first kappa shape index (κ1) is 12.9. The van der Waals surface area contributed by atoms with Gasteiger partial charge in [0.2, 0.25) is 5.91 Å². The first-order valence-electron chi connectivity index (χ1n) is 5.23. The highest BCUT2D eigenvalue weighted by atomic mass is 16.5. The molecule has 0 heterocycles. The van der Waals surface area contributed by atoms with E-state index in [1.54, 1.807) is 24.3 Å². The Labute approximate surface area is 99.2 Å². The molecule has 1 aromatic rings. The van der Waals surface area contributed by atoms with Crippen LogP contribution < -0.4 is 10.1 Å². The number of hydrogen-bond donors (Lipinski definition) is 1. The summed E-state index contributed by atoms with van der Waals surface area (Å²) in [5.74, 6) is 0.558. The number of ether oxygens (including phenoxy) is 1. The molecule has 1 rings (SSSR count). The lowest BCUT2D eigenvalue weighted by atomic mass is 10.3. The lowest BCUT2D eigenvalue weighted by Gasteiger charge is -2.07. The monoisotopic (exact) mass is 234 g/mol. The largest absolute Gasteiger partial charge is 0.494 e. The SMILES string of the molecule is CC(=O)Nc1cccc(OCCCN=[N+]=[N-])c1. The van der Waals surface area contributed by atoms with Crippen LogP contribution in [0.4, 0.5) is 5.69 Å². The van der Waals surface area contributed by atoms with Gasteiger partial charge in [0.25, 0.3) is 0 Å². The molecule has 0 saturated heterocycles. The highest BCUT2D eigenvalue weighted by molar-refractivity contribution is 5.88. The number of nitrogens with one attached hydrogen (secondary N) is 1. The number of nitrogens with zero attached hydrogens (tertiary/aromatic N) is 3. The molecule has 0 spiro atoms. The predicted octanol–water partition coefficient (Wildman–Crippen LogP) is 2.72. The van der Waals surface area contributed by atoms with Crippen LogP contribution in [0.15, 0.2) is 29.4 Å². The van der Waals surface area contributed by atoms with E-state index in [-0.39, 0.29) is 5.91 Å². The second kappa shape index (κ2) is 7.14. The van der Waals surface area contributed by atoms with Crippen molar-refractivity contribution in [3.8, 4) is 5.75 Å². The second-order valence-electron chi connectivity index (χ2n) is 3.37. The molecule has 0 fully saturated rings. The Morgan fingerprint density at radius 1 is 1.59 bits per heavy atom. The Kier molecular flexibility index (Phi) is 5.40. The van der Waals surface area contributed by atoms with Gasteiger partial charge in [-0.1, -0.05) is 11.2 Å². The maximum absolute atomic E-state index is 10.9. The maximum Gasteiger partial charge on any atom is 0.221 e. The van der Waals surface area contributed by atoms with Crippen molar-refractivity contribution in [1.29, 1.82) is 0 Å². The minimum atomic E-state index is -0.120. The number of benzene rings is 1. The van der Waals surface area contributed by atoms with E-state index in [0.717, 1.165) is 0 Å². The van der Waals surface area contributed by atoms with Gasteiger partial charge < -0.3 is 10.1 Å². The van der Waals surface area contributed by atoms with Gasteiger partial charge in [-0.25, -0.2) is 0 Å². The average Bonchev–Trinajstić information content (AvgIpc) is 2.28. The third kappa shape index (κ3) is 5.44. The first-order chi connectivity index (χ1) is 8.22. The lowest BCUT2D eigenvalue weighted by Crippen LogP contribution is -2.06. The zero-order valence-corrected chi connectivity index (χ0v) is 9.59. The minimum Gasteiger partial charge on any atom is -0.494 e. The zero-order valence-electron chi connectivity index (χ0n) is 9.59. The highest BCUT2D eigenvalue weighted by Crippen LogP contribution is 2.17. The van der Waals surface area contributed by atoms with Crippen molar-refractivity contribution in [2.45, 2.75) is 13.3 Å². The third-order valence-electron chi connectivity index (χ3n) is 1.89. The zero-order chi connectivity index (χ0) is 12.5. The van der Waals surface area contributed by atoms with Crippen LogP contribution in [-0.2, 0) is 4.79 Å². The molecular weight excluding hydrogens is 220 g/mol. The highest BCUT2D eigenvalue weighted by Gasteiger charge is 1.98. The molecule has 0 aromatic heterocycles. The lowest BCUT2D eigenvalue weighted by molar-refractivity contribution is -0.114. The topological polar surface area (TPSA) is 87.1 Å². The van der Waals surface area contributed by atoms with Crippen LogP contribution in [0, 0.1) is 0 Å². The molecule has 0 unspecified atom stereocenters. The number of amides is 1. The molecule has 0 atom stereocenters. The quantitative estimate of drug-likeness (QED) is 0.355. The summed E-state index contributed by atoms with van der Waals surface area (Å²) in [6.45, 7) is 2.35. The number of carbonyl (C=O) groups is 1. The van der Waals surface area contributed by atoms with Crippen molar-refractivity contribution >= 4 is 11.6 Å². The van der Waals surface area contributed by atoms with Crippen molar-refractivity contribution in [3.05, 3.63) is 34.7 Å². The van der Waals surface area contributed by atoms with E-state index >= 15 is 0 Å². The smallest absolute Gasteiger partial charge is 0.221 e. The molecule has 0 aliphatic rings. The standard InChI is InChI=1S/C11H14N4O2/c1-9(16)14-10-4-2-5-11(8-10)17-7-3-6-13-15-12/h2,4-5,8H,3,6-7H2,1H3,(H,14,16). The van der Waals surface area contributed by atoms with Crippen LogP contribution in [0.25, 0.3) is 10.4 Å². The van der Waals surface area contributed by atoms with Gasteiger partial charge >= 0.3 is 0 Å². The van der Waals surface area contributed by atoms with Crippen LogP contribution in [0.5, 0.6) is 5.75 Å². The number of carbonyl (C=O) groups excluding carboxylic acids is 1. The number of anilines is 1. The summed E-state index contributed by atoms with van der Waals surface area (Å²) in [5, 5.41) is 6.07. The molecule has 6 nitrogen and oxygen atoms in total. The fourth-order valence-electron chi connectivity index (χ4n) is 1.24. The average molecular weight is 234 g/mol. The normalized spacial score (nSPS) is 9.24. The Bertz CT molecular complexity index is 427. The summed E-state index contributed by atoms with van der Waals surface area (Å²) in [4.78, 5) is 13.5. The third-order valence-corrected chi connectivity index (χ3v) is 1.89. The van der Waals surface area contributed by atoms with Crippen molar-refractivity contribution in [3.63, 3.8) is 0 Å². The maximum atomic E-state index is 10.9. The summed E-state index contributed by atoms with van der Waals surface area (Å²) in [6, 6.07) is 7.14. The fourth-order valence-corrected chi connectivity index (χ4v) is 1.24. The summed E-state index contributed by atoms with van der Waals surface area (Å²) in [7, 11) is 0. The van der Waals surface area contributed by atoms with Gasteiger partial charge in [-0.3, -0.25) is 4.79 Å². The van der Waals surface area contributed by atoms with Crippen LogP contribution in [0.1, 0.15) is 13.3 Å². The van der Waals surface area contributed by atoms with Crippen molar-refractivity contribution in [1.82, 2.24) is 0 Å². The molecule has 0 aliphatic carbocycles. The minimum absolute atomic E-state index is 0.120. The molecular formula is C11H14N4O2. The van der Waals surface area contributed by atoms with E-state index < -0.39 is 0 Å². The molecule has 1 amide bonds. The van der Waals surface area contributed by atoms with E-state index in [1.165, 1.54) is 6.92 Å². The molecule has 1 aromatic carbocycles. The van der Waals surface area contributed by atoms with E-state index in [9.17, 15) is 4.79 Å². The molecule has 0 saturated carbocycles. The second-order valence-corrected chi connectivity index (χ2v) is 3.37. The van der Waals surface area contributed by atoms with Gasteiger partial charge in [-0.05, 0) is 24.1 Å². The molecule has 90 valence electrons. The van der Waals surface area contributed by atoms with Crippen molar-refractivity contribution < 1.29 is 9.53 Å². The van der Waals surface area contributed by atoms with Gasteiger partial charge in [0.1, 0.15) is 5.75 Å². The van der Waals surface area contributed by atoms with Crippen molar-refractivity contribution in [2.75, 3.05) is 18.5 Å². The van der Waals surface area contributed by atoms with E-state index in [0.29, 0.717) is 31.0 Å². The molecule has 6 heteroatoms. The first-order valence-corrected chi connectivity index (χ1v) is 5.23. The van der Waals surface area contributed by atoms with Gasteiger partial charge in [0.05, 0.1) is 6.61 Å². The van der Waals surface area contributed by atoms with Gasteiger partial charge in [0.15, 0.2) is 0 Å². The Balaban J connectivity index is 2.42. The number of rotatable bonds is 6. The summed E-state index contributed by atoms with van der Waals surface area (Å²) in [5.41, 5.74) is 8.78. The summed E-state index contributed by atoms with van der Waals surface area (Å²) >= 11 is 0. The fraction of sp³-hybridized carbons (Fsp3) is 0.364. The van der Waals surface area contributed by atoms with E-state index in [2.05, 4.69) is 15.3 Å². The molecule has 1 N–H and O–H groups in total. The Morgan fingerprint density at radius 3 is 3.12 bits per heavy atom. The van der Waals surface area contributed by atoms with Crippen LogP contribution in [0.2, 0.25) is 0 Å².